The Morgan fingerprint density at radius 2 is 2.00 bits per heavy atom. The highest BCUT2D eigenvalue weighted by molar-refractivity contribution is 7.17. The van der Waals surface area contributed by atoms with Gasteiger partial charge in [0, 0.05) is 12.6 Å². The predicted molar refractivity (Wildman–Crippen MR) is 110 cm³/mol. The van der Waals surface area contributed by atoms with Crippen molar-refractivity contribution < 1.29 is 4.79 Å². The van der Waals surface area contributed by atoms with E-state index in [4.69, 9.17) is 11.6 Å². The van der Waals surface area contributed by atoms with Gasteiger partial charge in [-0.25, -0.2) is 15.0 Å². The average molecular weight is 403 g/mol. The SMILES string of the molecule is CCNc1cc(Nc2ncc(C(=O)Nc3c(C)cccc3Cl)s2)nc(C)n1. The summed E-state index contributed by atoms with van der Waals surface area (Å²) >= 11 is 7.40. The summed E-state index contributed by atoms with van der Waals surface area (Å²) in [5, 5.41) is 10.2. The second-order valence-corrected chi connectivity index (χ2v) is 7.19. The Morgan fingerprint density at radius 3 is 2.74 bits per heavy atom. The molecule has 0 unspecified atom stereocenters. The first-order valence-corrected chi connectivity index (χ1v) is 9.54. The molecule has 1 amide bonds. The van der Waals surface area contributed by atoms with Crippen molar-refractivity contribution in [3.05, 3.63) is 51.7 Å². The minimum absolute atomic E-state index is 0.260. The molecule has 0 aliphatic carbocycles. The fourth-order valence-electron chi connectivity index (χ4n) is 2.42. The monoisotopic (exact) mass is 402 g/mol. The molecule has 0 spiro atoms. The van der Waals surface area contributed by atoms with Crippen molar-refractivity contribution in [2.75, 3.05) is 22.5 Å². The molecule has 0 atom stereocenters. The molecule has 9 heteroatoms. The van der Waals surface area contributed by atoms with Crippen molar-refractivity contribution in [2.24, 2.45) is 0 Å². The third kappa shape index (κ3) is 4.72. The summed E-state index contributed by atoms with van der Waals surface area (Å²) in [5.74, 6) is 1.72. The van der Waals surface area contributed by atoms with Gasteiger partial charge >= 0.3 is 0 Å². The van der Waals surface area contributed by atoms with Gasteiger partial charge in [-0.05, 0) is 32.4 Å². The number of rotatable bonds is 6. The fraction of sp³-hybridized carbons (Fsp3) is 0.222. The molecule has 3 aromatic rings. The Kier molecular flexibility index (Phi) is 5.88. The molecule has 3 rings (SSSR count). The van der Waals surface area contributed by atoms with E-state index in [1.165, 1.54) is 17.5 Å². The van der Waals surface area contributed by atoms with Crippen LogP contribution in [0.5, 0.6) is 0 Å². The van der Waals surface area contributed by atoms with Crippen LogP contribution in [-0.2, 0) is 0 Å². The molecule has 0 aliphatic heterocycles. The van der Waals surface area contributed by atoms with Gasteiger partial charge in [0.2, 0.25) is 0 Å². The number of aryl methyl sites for hydroxylation is 2. The van der Waals surface area contributed by atoms with Crippen LogP contribution in [0.25, 0.3) is 0 Å². The largest absolute Gasteiger partial charge is 0.370 e. The van der Waals surface area contributed by atoms with Gasteiger partial charge in [-0.2, -0.15) is 0 Å². The van der Waals surface area contributed by atoms with E-state index in [-0.39, 0.29) is 5.91 Å². The summed E-state index contributed by atoms with van der Waals surface area (Å²) in [4.78, 5) is 25.9. The van der Waals surface area contributed by atoms with Crippen molar-refractivity contribution >= 4 is 51.3 Å². The third-order valence-corrected chi connectivity index (χ3v) is 4.85. The van der Waals surface area contributed by atoms with E-state index in [0.29, 0.717) is 32.4 Å². The molecule has 1 aromatic carbocycles. The maximum atomic E-state index is 12.5. The number of amides is 1. The van der Waals surface area contributed by atoms with Crippen molar-refractivity contribution in [1.82, 2.24) is 15.0 Å². The number of halogens is 1. The maximum absolute atomic E-state index is 12.5. The minimum Gasteiger partial charge on any atom is -0.370 e. The lowest BCUT2D eigenvalue weighted by atomic mass is 10.2. The molecule has 2 heterocycles. The van der Waals surface area contributed by atoms with Gasteiger partial charge in [0.05, 0.1) is 16.9 Å². The topological polar surface area (TPSA) is 91.8 Å². The Bertz CT molecular complexity index is 954. The zero-order valence-corrected chi connectivity index (χ0v) is 16.7. The van der Waals surface area contributed by atoms with Gasteiger partial charge in [-0.3, -0.25) is 4.79 Å². The lowest BCUT2D eigenvalue weighted by molar-refractivity contribution is 0.103. The zero-order valence-electron chi connectivity index (χ0n) is 15.1. The minimum atomic E-state index is -0.260. The molecule has 2 aromatic heterocycles. The molecule has 0 fully saturated rings. The molecule has 3 N–H and O–H groups in total. The summed E-state index contributed by atoms with van der Waals surface area (Å²) in [6, 6.07) is 7.27. The van der Waals surface area contributed by atoms with Crippen LogP contribution in [0.15, 0.2) is 30.5 Å². The van der Waals surface area contributed by atoms with E-state index >= 15 is 0 Å². The van der Waals surface area contributed by atoms with Crippen molar-refractivity contribution in [3.8, 4) is 0 Å². The molecule has 140 valence electrons. The van der Waals surface area contributed by atoms with E-state index in [1.54, 1.807) is 12.1 Å². The number of para-hydroxylation sites is 1. The van der Waals surface area contributed by atoms with E-state index in [9.17, 15) is 4.79 Å². The normalized spacial score (nSPS) is 10.5. The highest BCUT2D eigenvalue weighted by Crippen LogP contribution is 2.28. The summed E-state index contributed by atoms with van der Waals surface area (Å²) in [7, 11) is 0. The number of nitrogens with zero attached hydrogens (tertiary/aromatic N) is 3. The Hall–Kier alpha value is -2.71. The molecule has 0 radical (unpaired) electrons. The molecule has 0 aliphatic rings. The van der Waals surface area contributed by atoms with Gasteiger partial charge in [0.25, 0.3) is 5.91 Å². The van der Waals surface area contributed by atoms with Crippen LogP contribution in [0.3, 0.4) is 0 Å². The number of nitrogens with one attached hydrogen (secondary N) is 3. The number of carbonyl (C=O) groups is 1. The average Bonchev–Trinajstić information content (AvgIpc) is 3.06. The number of aromatic nitrogens is 3. The fourth-order valence-corrected chi connectivity index (χ4v) is 3.40. The van der Waals surface area contributed by atoms with E-state index < -0.39 is 0 Å². The molecule has 7 nitrogen and oxygen atoms in total. The van der Waals surface area contributed by atoms with Crippen LogP contribution in [0.4, 0.5) is 22.5 Å². The summed E-state index contributed by atoms with van der Waals surface area (Å²) < 4.78 is 0. The second kappa shape index (κ2) is 8.32. The highest BCUT2D eigenvalue weighted by Gasteiger charge is 2.14. The van der Waals surface area contributed by atoms with E-state index in [2.05, 4.69) is 30.9 Å². The molecule has 0 saturated heterocycles. The van der Waals surface area contributed by atoms with Crippen LogP contribution in [0.1, 0.15) is 28.0 Å². The standard InChI is InChI=1S/C18H19ClN6OS/c1-4-20-14-8-15(23-11(3)22-14)24-18-21-9-13(27-18)17(26)25-16-10(2)6-5-7-12(16)19/h5-9H,4H2,1-3H3,(H,25,26)(H2,20,21,22,23,24). The number of hydrogen-bond acceptors (Lipinski definition) is 7. The predicted octanol–water partition coefficient (Wildman–Crippen LogP) is 4.63. The summed E-state index contributed by atoms with van der Waals surface area (Å²) in [6.45, 7) is 6.47. The number of thiazole rings is 1. The van der Waals surface area contributed by atoms with Gasteiger partial charge < -0.3 is 16.0 Å². The molecule has 0 saturated carbocycles. The Morgan fingerprint density at radius 1 is 1.22 bits per heavy atom. The van der Waals surface area contributed by atoms with Crippen molar-refractivity contribution in [3.63, 3.8) is 0 Å². The van der Waals surface area contributed by atoms with Crippen LogP contribution in [-0.4, -0.2) is 27.4 Å². The summed E-state index contributed by atoms with van der Waals surface area (Å²) in [6.07, 6.45) is 1.52. The van der Waals surface area contributed by atoms with Crippen molar-refractivity contribution in [1.29, 1.82) is 0 Å². The Balaban J connectivity index is 1.74. The first-order chi connectivity index (χ1) is 13.0. The number of carbonyl (C=O) groups excluding carboxylic acids is 1. The van der Waals surface area contributed by atoms with Crippen LogP contribution >= 0.6 is 22.9 Å². The van der Waals surface area contributed by atoms with E-state index in [1.807, 2.05) is 32.9 Å². The quantitative estimate of drug-likeness (QED) is 0.556. The lowest BCUT2D eigenvalue weighted by Gasteiger charge is -2.09. The van der Waals surface area contributed by atoms with Gasteiger partial charge in [-0.1, -0.05) is 35.1 Å². The first kappa shape index (κ1) is 19.1. The Labute approximate surface area is 166 Å². The summed E-state index contributed by atoms with van der Waals surface area (Å²) in [5.41, 5.74) is 1.50. The van der Waals surface area contributed by atoms with Crippen LogP contribution in [0, 0.1) is 13.8 Å². The van der Waals surface area contributed by atoms with Gasteiger partial charge in [-0.15, -0.1) is 0 Å². The molecule has 27 heavy (non-hydrogen) atoms. The molecule has 0 bridgehead atoms. The number of hydrogen-bond donors (Lipinski definition) is 3. The van der Waals surface area contributed by atoms with Gasteiger partial charge in [0.1, 0.15) is 22.3 Å². The smallest absolute Gasteiger partial charge is 0.267 e. The van der Waals surface area contributed by atoms with Crippen LogP contribution in [0.2, 0.25) is 5.02 Å². The lowest BCUT2D eigenvalue weighted by Crippen LogP contribution is -2.11. The zero-order chi connectivity index (χ0) is 19.4. The second-order valence-electron chi connectivity index (χ2n) is 5.76. The highest BCUT2D eigenvalue weighted by atomic mass is 35.5. The number of benzene rings is 1. The van der Waals surface area contributed by atoms with E-state index in [0.717, 1.165) is 17.9 Å². The van der Waals surface area contributed by atoms with Crippen LogP contribution < -0.4 is 16.0 Å². The molecular formula is C18H19ClN6OS. The molecular weight excluding hydrogens is 384 g/mol. The third-order valence-electron chi connectivity index (χ3n) is 3.62. The first-order valence-electron chi connectivity index (χ1n) is 8.35. The van der Waals surface area contributed by atoms with Gasteiger partial charge in [0.15, 0.2) is 5.13 Å². The number of anilines is 4. The maximum Gasteiger partial charge on any atom is 0.267 e. The van der Waals surface area contributed by atoms with Crippen molar-refractivity contribution in [2.45, 2.75) is 20.8 Å².